The molecule has 0 radical (unpaired) electrons. The smallest absolute Gasteiger partial charge is 0.0715 e. The number of allylic oxidation sites excluding steroid dienone is 3. The second kappa shape index (κ2) is 10.2. The van der Waals surface area contributed by atoms with Gasteiger partial charge in [0.1, 0.15) is 0 Å². The maximum atomic E-state index is 5.79. The number of nitrogens with two attached hydrogens (primary N) is 1. The first-order chi connectivity index (χ1) is 20.2. The number of hydrogen-bond donors (Lipinski definition) is 1. The Morgan fingerprint density at radius 3 is 2.29 bits per heavy atom. The van der Waals surface area contributed by atoms with Crippen LogP contribution in [0.3, 0.4) is 0 Å². The Hall–Kier alpha value is -5.48. The predicted molar refractivity (Wildman–Crippen MR) is 172 cm³/mol. The summed E-state index contributed by atoms with van der Waals surface area (Å²) in [4.78, 5) is 9.46. The third kappa shape index (κ3) is 4.36. The Balaban J connectivity index is 1.36. The Bertz CT molecular complexity index is 2060. The zero-order valence-electron chi connectivity index (χ0n) is 22.7. The van der Waals surface area contributed by atoms with Gasteiger partial charge >= 0.3 is 0 Å². The van der Waals surface area contributed by atoms with E-state index >= 15 is 0 Å². The monoisotopic (exact) mass is 528 g/mol. The van der Waals surface area contributed by atoms with Gasteiger partial charge in [0.05, 0.1) is 22.4 Å². The van der Waals surface area contributed by atoms with Crippen LogP contribution >= 0.6 is 0 Å². The fraction of sp³-hybridized carbons (Fsp3) is 0.0270. The highest BCUT2D eigenvalue weighted by molar-refractivity contribution is 6.08. The van der Waals surface area contributed by atoms with E-state index in [0.717, 1.165) is 55.8 Å². The molecule has 7 aromatic rings. The minimum Gasteiger partial charge on any atom is -0.405 e. The average Bonchev–Trinajstić information content (AvgIpc) is 3.37. The van der Waals surface area contributed by atoms with Crippen LogP contribution in [-0.2, 0) is 0 Å². The molecule has 3 aromatic heterocycles. The molecule has 0 aliphatic heterocycles. The van der Waals surface area contributed by atoms with Gasteiger partial charge in [0.2, 0.25) is 0 Å². The molecule has 0 amide bonds. The summed E-state index contributed by atoms with van der Waals surface area (Å²) in [6.45, 7) is 2.01. The van der Waals surface area contributed by atoms with Crippen molar-refractivity contribution < 1.29 is 0 Å². The number of benzene rings is 4. The van der Waals surface area contributed by atoms with Crippen molar-refractivity contribution in [1.29, 1.82) is 0 Å². The van der Waals surface area contributed by atoms with Crippen LogP contribution in [0.5, 0.6) is 0 Å². The third-order valence-corrected chi connectivity index (χ3v) is 7.69. The van der Waals surface area contributed by atoms with Crippen LogP contribution in [-0.4, -0.2) is 14.5 Å². The molecule has 0 aliphatic rings. The molecule has 41 heavy (non-hydrogen) atoms. The van der Waals surface area contributed by atoms with Crippen LogP contribution in [0, 0.1) is 0 Å². The zero-order chi connectivity index (χ0) is 27.8. The molecular weight excluding hydrogens is 500 g/mol. The Kier molecular flexibility index (Phi) is 6.14. The first-order valence-electron chi connectivity index (χ1n) is 13.7. The molecule has 0 saturated carbocycles. The van der Waals surface area contributed by atoms with Gasteiger partial charge in [0.15, 0.2) is 0 Å². The van der Waals surface area contributed by atoms with Gasteiger partial charge in [-0.2, -0.15) is 0 Å². The average molecular weight is 529 g/mol. The number of nitrogens with zero attached hydrogens (tertiary/aromatic N) is 3. The summed E-state index contributed by atoms with van der Waals surface area (Å²) >= 11 is 0. The molecule has 196 valence electrons. The highest BCUT2D eigenvalue weighted by Gasteiger charge is 2.13. The van der Waals surface area contributed by atoms with Gasteiger partial charge in [-0.25, -0.2) is 4.98 Å². The minimum absolute atomic E-state index is 0.883. The van der Waals surface area contributed by atoms with Gasteiger partial charge in [-0.15, -0.1) is 0 Å². The molecule has 0 spiro atoms. The molecule has 0 fully saturated rings. The number of aromatic nitrogens is 3. The number of hydrogen-bond acceptors (Lipinski definition) is 3. The van der Waals surface area contributed by atoms with Crippen LogP contribution in [0.1, 0.15) is 12.6 Å². The van der Waals surface area contributed by atoms with Gasteiger partial charge < -0.3 is 10.3 Å². The molecule has 0 bridgehead atoms. The molecule has 7 rings (SSSR count). The largest absolute Gasteiger partial charge is 0.405 e. The van der Waals surface area contributed by atoms with Crippen molar-refractivity contribution in [1.82, 2.24) is 14.5 Å². The van der Waals surface area contributed by atoms with E-state index in [9.17, 15) is 0 Å². The Morgan fingerprint density at radius 2 is 1.46 bits per heavy atom. The lowest BCUT2D eigenvalue weighted by molar-refractivity contribution is 1.17. The van der Waals surface area contributed by atoms with Crippen LogP contribution in [0.15, 0.2) is 140 Å². The van der Waals surface area contributed by atoms with Gasteiger partial charge in [-0.05, 0) is 89.1 Å². The quantitative estimate of drug-likeness (QED) is 0.227. The SMILES string of the molecule is C/C=C(\C=C/N)c1cc(-c2ccc3ccccc3c2)cc(-c2ccc(-n3c4ccccc4c4cnccc43)cc2)n1. The minimum atomic E-state index is 0.883. The van der Waals surface area contributed by atoms with E-state index in [4.69, 9.17) is 10.7 Å². The highest BCUT2D eigenvalue weighted by Crippen LogP contribution is 2.34. The standard InChI is InChI=1S/C37H28N4/c1-2-25(17-19-38)34-22-30(29-12-11-26-7-3-4-8-28(26)21-29)23-35(40-34)27-13-15-31(16-14-27)41-36-10-6-5-9-32(36)33-24-39-20-18-37(33)41/h2-24H,38H2,1H3/b19-17-,25-2+. The van der Waals surface area contributed by atoms with Crippen molar-refractivity contribution in [3.63, 3.8) is 0 Å². The second-order valence-corrected chi connectivity index (χ2v) is 10.1. The molecule has 3 heterocycles. The van der Waals surface area contributed by atoms with Crippen molar-refractivity contribution in [2.45, 2.75) is 6.92 Å². The van der Waals surface area contributed by atoms with Crippen molar-refractivity contribution in [3.05, 3.63) is 146 Å². The molecule has 0 aliphatic carbocycles. The van der Waals surface area contributed by atoms with Crippen molar-refractivity contribution in [2.24, 2.45) is 5.73 Å². The fourth-order valence-corrected chi connectivity index (χ4v) is 5.67. The maximum Gasteiger partial charge on any atom is 0.0715 e. The Morgan fingerprint density at radius 1 is 0.707 bits per heavy atom. The van der Waals surface area contributed by atoms with E-state index in [2.05, 4.69) is 119 Å². The third-order valence-electron chi connectivity index (χ3n) is 7.69. The van der Waals surface area contributed by atoms with E-state index in [1.807, 2.05) is 31.5 Å². The number of fused-ring (bicyclic) bond motifs is 4. The van der Waals surface area contributed by atoms with Crippen LogP contribution in [0.4, 0.5) is 0 Å². The van der Waals surface area contributed by atoms with Crippen LogP contribution in [0.25, 0.3) is 66.2 Å². The molecule has 0 saturated heterocycles. The molecular formula is C37H28N4. The van der Waals surface area contributed by atoms with Gasteiger partial charge in [-0.3, -0.25) is 4.98 Å². The van der Waals surface area contributed by atoms with E-state index in [1.165, 1.54) is 16.2 Å². The fourth-order valence-electron chi connectivity index (χ4n) is 5.67. The zero-order valence-corrected chi connectivity index (χ0v) is 22.7. The normalized spacial score (nSPS) is 12.2. The molecule has 4 aromatic carbocycles. The van der Waals surface area contributed by atoms with E-state index in [-0.39, 0.29) is 0 Å². The molecule has 4 heteroatoms. The molecule has 4 nitrogen and oxygen atoms in total. The van der Waals surface area contributed by atoms with E-state index < -0.39 is 0 Å². The molecule has 0 unspecified atom stereocenters. The number of rotatable bonds is 5. The predicted octanol–water partition coefficient (Wildman–Crippen LogP) is 8.94. The lowest BCUT2D eigenvalue weighted by Crippen LogP contribution is -1.96. The van der Waals surface area contributed by atoms with Crippen molar-refractivity contribution >= 4 is 38.2 Å². The lowest BCUT2D eigenvalue weighted by atomic mass is 9.97. The summed E-state index contributed by atoms with van der Waals surface area (Å²) in [6.07, 6.45) is 9.30. The summed E-state index contributed by atoms with van der Waals surface area (Å²) in [5.74, 6) is 0. The van der Waals surface area contributed by atoms with Crippen LogP contribution in [0.2, 0.25) is 0 Å². The van der Waals surface area contributed by atoms with Crippen molar-refractivity contribution in [2.75, 3.05) is 0 Å². The number of para-hydroxylation sites is 1. The van der Waals surface area contributed by atoms with Gasteiger partial charge in [-0.1, -0.05) is 72.8 Å². The molecule has 2 N–H and O–H groups in total. The van der Waals surface area contributed by atoms with Crippen LogP contribution < -0.4 is 5.73 Å². The second-order valence-electron chi connectivity index (χ2n) is 10.1. The summed E-state index contributed by atoms with van der Waals surface area (Å²) < 4.78 is 2.30. The Labute approximate surface area is 238 Å². The topological polar surface area (TPSA) is 56.7 Å². The summed E-state index contributed by atoms with van der Waals surface area (Å²) in [5, 5.41) is 4.78. The summed E-state index contributed by atoms with van der Waals surface area (Å²) in [5.41, 5.74) is 15.3. The van der Waals surface area contributed by atoms with Gasteiger partial charge in [0, 0.05) is 34.4 Å². The first-order valence-corrected chi connectivity index (χ1v) is 13.7. The summed E-state index contributed by atoms with van der Waals surface area (Å²) in [6, 6.07) is 38.6. The first kappa shape index (κ1) is 24.6. The number of pyridine rings is 2. The van der Waals surface area contributed by atoms with Gasteiger partial charge in [0.25, 0.3) is 0 Å². The van der Waals surface area contributed by atoms with E-state index in [0.29, 0.717) is 0 Å². The summed E-state index contributed by atoms with van der Waals surface area (Å²) in [7, 11) is 0. The lowest BCUT2D eigenvalue weighted by Gasteiger charge is -2.13. The van der Waals surface area contributed by atoms with E-state index in [1.54, 1.807) is 6.20 Å². The maximum absolute atomic E-state index is 5.79. The molecule has 0 atom stereocenters. The van der Waals surface area contributed by atoms with Crippen molar-refractivity contribution in [3.8, 4) is 28.1 Å². The highest BCUT2D eigenvalue weighted by atomic mass is 15.0.